The molecular formula is C19H20N6O2S. The zero-order chi connectivity index (χ0) is 19.3. The number of aromatic nitrogens is 4. The summed E-state index contributed by atoms with van der Waals surface area (Å²) >= 11 is 1.52. The Labute approximate surface area is 166 Å². The van der Waals surface area contributed by atoms with Gasteiger partial charge < -0.3 is 15.0 Å². The van der Waals surface area contributed by atoms with E-state index in [2.05, 4.69) is 30.2 Å². The fraction of sp³-hybridized carbons (Fsp3) is 0.316. The molecule has 4 heterocycles. The lowest BCUT2D eigenvalue weighted by Crippen LogP contribution is -2.37. The Morgan fingerprint density at radius 3 is 2.82 bits per heavy atom. The Balaban J connectivity index is 1.62. The molecule has 0 radical (unpaired) electrons. The van der Waals surface area contributed by atoms with Gasteiger partial charge in [-0.15, -0.1) is 11.3 Å². The molecule has 1 aliphatic heterocycles. The van der Waals surface area contributed by atoms with Crippen molar-refractivity contribution < 1.29 is 9.53 Å². The van der Waals surface area contributed by atoms with Gasteiger partial charge in [0.15, 0.2) is 0 Å². The number of hydrogen-bond acceptors (Lipinski definition) is 8. The van der Waals surface area contributed by atoms with Crippen LogP contribution < -0.4 is 10.2 Å². The molecule has 1 N–H and O–H groups in total. The summed E-state index contributed by atoms with van der Waals surface area (Å²) in [7, 11) is 0. The number of amides is 1. The van der Waals surface area contributed by atoms with E-state index in [-0.39, 0.29) is 5.91 Å². The summed E-state index contributed by atoms with van der Waals surface area (Å²) in [5.74, 6) is 0.332. The number of pyridine rings is 1. The first-order valence-corrected chi connectivity index (χ1v) is 9.89. The highest BCUT2D eigenvalue weighted by Gasteiger charge is 2.20. The number of morpholine rings is 1. The smallest absolute Gasteiger partial charge is 0.255 e. The highest BCUT2D eigenvalue weighted by atomic mass is 32.1. The molecule has 4 rings (SSSR count). The van der Waals surface area contributed by atoms with E-state index in [4.69, 9.17) is 4.74 Å². The first-order chi connectivity index (χ1) is 13.7. The van der Waals surface area contributed by atoms with E-state index in [1.807, 2.05) is 30.5 Å². The second-order valence-corrected chi connectivity index (χ2v) is 7.25. The first kappa shape index (κ1) is 18.5. The summed E-state index contributed by atoms with van der Waals surface area (Å²) in [6.07, 6.45) is 3.26. The third-order valence-corrected chi connectivity index (χ3v) is 5.26. The van der Waals surface area contributed by atoms with Crippen LogP contribution in [0.1, 0.15) is 21.1 Å². The van der Waals surface area contributed by atoms with Crippen LogP contribution in [0.4, 0.5) is 5.95 Å². The molecule has 3 aromatic heterocycles. The molecule has 0 bridgehead atoms. The second-order valence-electron chi connectivity index (χ2n) is 6.31. The summed E-state index contributed by atoms with van der Waals surface area (Å²) in [5, 5.41) is 5.72. The van der Waals surface area contributed by atoms with E-state index < -0.39 is 0 Å². The molecular weight excluding hydrogens is 376 g/mol. The maximum absolute atomic E-state index is 12.8. The largest absolute Gasteiger partial charge is 0.378 e. The molecule has 9 heteroatoms. The average Bonchev–Trinajstić information content (AvgIpc) is 3.18. The molecule has 0 atom stereocenters. The third-order valence-electron chi connectivity index (χ3n) is 4.29. The van der Waals surface area contributed by atoms with Crippen LogP contribution in [0.15, 0.2) is 36.0 Å². The molecule has 1 saturated heterocycles. The molecule has 0 saturated carbocycles. The normalized spacial score (nSPS) is 14.1. The molecule has 1 aliphatic rings. The summed E-state index contributed by atoms with van der Waals surface area (Å²) in [4.78, 5) is 32.7. The standard InChI is InChI=1S/C19H20N6O2S/c1-13-12-28-16(23-13)11-21-18(26)14-10-22-19(25-6-8-27-9-7-25)24-17(14)15-4-2-3-5-20-15/h2-5,10,12H,6-9,11H2,1H3,(H,21,26). The van der Waals surface area contributed by atoms with Gasteiger partial charge in [0.1, 0.15) is 10.7 Å². The minimum absolute atomic E-state index is 0.248. The van der Waals surface area contributed by atoms with E-state index in [1.165, 1.54) is 11.3 Å². The fourth-order valence-electron chi connectivity index (χ4n) is 2.89. The zero-order valence-electron chi connectivity index (χ0n) is 15.5. The van der Waals surface area contributed by atoms with Crippen LogP contribution in [0, 0.1) is 6.92 Å². The van der Waals surface area contributed by atoms with Crippen molar-refractivity contribution in [3.05, 3.63) is 52.2 Å². The number of aryl methyl sites for hydroxylation is 1. The Hall–Kier alpha value is -2.91. The monoisotopic (exact) mass is 396 g/mol. The molecule has 0 aromatic carbocycles. The van der Waals surface area contributed by atoms with Crippen molar-refractivity contribution in [2.45, 2.75) is 13.5 Å². The van der Waals surface area contributed by atoms with Crippen LogP contribution in [-0.2, 0) is 11.3 Å². The molecule has 8 nitrogen and oxygen atoms in total. The highest BCUT2D eigenvalue weighted by molar-refractivity contribution is 7.09. The van der Waals surface area contributed by atoms with Crippen LogP contribution in [0.5, 0.6) is 0 Å². The van der Waals surface area contributed by atoms with Gasteiger partial charge in [-0.3, -0.25) is 9.78 Å². The second kappa shape index (κ2) is 8.41. The van der Waals surface area contributed by atoms with Gasteiger partial charge >= 0.3 is 0 Å². The molecule has 1 amide bonds. The van der Waals surface area contributed by atoms with Crippen molar-refractivity contribution in [1.82, 2.24) is 25.3 Å². The van der Waals surface area contributed by atoms with E-state index in [0.29, 0.717) is 42.7 Å². The van der Waals surface area contributed by atoms with Gasteiger partial charge in [-0.25, -0.2) is 15.0 Å². The van der Waals surface area contributed by atoms with E-state index >= 15 is 0 Å². The predicted octanol–water partition coefficient (Wildman–Crippen LogP) is 2.07. The van der Waals surface area contributed by atoms with Gasteiger partial charge in [0, 0.05) is 36.6 Å². The SMILES string of the molecule is Cc1csc(CNC(=O)c2cnc(N3CCOCC3)nc2-c2ccccn2)n1. The zero-order valence-corrected chi connectivity index (χ0v) is 16.3. The van der Waals surface area contributed by atoms with Gasteiger partial charge in [0.2, 0.25) is 5.95 Å². The van der Waals surface area contributed by atoms with Crippen molar-refractivity contribution >= 4 is 23.2 Å². The number of ether oxygens (including phenoxy) is 1. The topological polar surface area (TPSA) is 93.1 Å². The van der Waals surface area contributed by atoms with Crippen molar-refractivity contribution in [2.24, 2.45) is 0 Å². The summed E-state index contributed by atoms with van der Waals surface area (Å²) in [6, 6.07) is 5.55. The van der Waals surface area contributed by atoms with Crippen molar-refractivity contribution in [2.75, 3.05) is 31.2 Å². The van der Waals surface area contributed by atoms with Crippen molar-refractivity contribution in [3.63, 3.8) is 0 Å². The van der Waals surface area contributed by atoms with Gasteiger partial charge in [0.05, 0.1) is 31.0 Å². The van der Waals surface area contributed by atoms with Gasteiger partial charge in [-0.2, -0.15) is 0 Å². The van der Waals surface area contributed by atoms with E-state index in [9.17, 15) is 4.79 Å². The molecule has 1 fully saturated rings. The molecule has 0 aliphatic carbocycles. The Bertz CT molecular complexity index is 956. The van der Waals surface area contributed by atoms with Crippen LogP contribution >= 0.6 is 11.3 Å². The molecule has 144 valence electrons. The summed E-state index contributed by atoms with van der Waals surface area (Å²) in [5.41, 5.74) is 2.49. The highest BCUT2D eigenvalue weighted by Crippen LogP contribution is 2.22. The lowest BCUT2D eigenvalue weighted by molar-refractivity contribution is 0.0950. The molecule has 0 unspecified atom stereocenters. The number of nitrogens with zero attached hydrogens (tertiary/aromatic N) is 5. The van der Waals surface area contributed by atoms with E-state index in [0.717, 1.165) is 23.8 Å². The number of nitrogens with one attached hydrogen (secondary N) is 1. The lowest BCUT2D eigenvalue weighted by atomic mass is 10.1. The average molecular weight is 396 g/mol. The van der Waals surface area contributed by atoms with Gasteiger partial charge in [-0.05, 0) is 19.1 Å². The summed E-state index contributed by atoms with van der Waals surface area (Å²) < 4.78 is 5.40. The Morgan fingerprint density at radius 1 is 1.25 bits per heavy atom. The maximum Gasteiger partial charge on any atom is 0.255 e. The minimum Gasteiger partial charge on any atom is -0.378 e. The number of thiazole rings is 1. The molecule has 3 aromatic rings. The van der Waals surface area contributed by atoms with Crippen molar-refractivity contribution in [1.29, 1.82) is 0 Å². The fourth-order valence-corrected chi connectivity index (χ4v) is 3.60. The number of rotatable bonds is 5. The maximum atomic E-state index is 12.8. The third kappa shape index (κ3) is 4.15. The Kier molecular flexibility index (Phi) is 5.54. The van der Waals surface area contributed by atoms with Gasteiger partial charge in [0.25, 0.3) is 5.91 Å². The quantitative estimate of drug-likeness (QED) is 0.706. The summed E-state index contributed by atoms with van der Waals surface area (Å²) in [6.45, 7) is 5.01. The van der Waals surface area contributed by atoms with Crippen LogP contribution in [0.2, 0.25) is 0 Å². The Morgan fingerprint density at radius 2 is 2.11 bits per heavy atom. The number of anilines is 1. The molecule has 0 spiro atoms. The number of carbonyl (C=O) groups is 1. The van der Waals surface area contributed by atoms with Crippen LogP contribution in [-0.4, -0.2) is 52.1 Å². The van der Waals surface area contributed by atoms with Gasteiger partial charge in [-0.1, -0.05) is 6.07 Å². The lowest BCUT2D eigenvalue weighted by Gasteiger charge is -2.27. The first-order valence-electron chi connectivity index (χ1n) is 9.01. The minimum atomic E-state index is -0.248. The van der Waals surface area contributed by atoms with Crippen molar-refractivity contribution in [3.8, 4) is 11.4 Å². The van der Waals surface area contributed by atoms with E-state index in [1.54, 1.807) is 12.4 Å². The molecule has 28 heavy (non-hydrogen) atoms. The number of carbonyl (C=O) groups excluding carboxylic acids is 1. The number of hydrogen-bond donors (Lipinski definition) is 1. The predicted molar refractivity (Wildman–Crippen MR) is 106 cm³/mol. The van der Waals surface area contributed by atoms with Crippen LogP contribution in [0.3, 0.4) is 0 Å². The van der Waals surface area contributed by atoms with Crippen LogP contribution in [0.25, 0.3) is 11.4 Å².